The number of pyridine rings is 1. The molecule has 2 aromatic rings. The normalized spacial score (nSPS) is 27.2. The van der Waals surface area contributed by atoms with Gasteiger partial charge in [0, 0.05) is 17.5 Å². The molecule has 0 saturated carbocycles. The quantitative estimate of drug-likeness (QED) is 0.836. The average Bonchev–Trinajstić information content (AvgIpc) is 2.92. The summed E-state index contributed by atoms with van der Waals surface area (Å²) >= 11 is 7.17. The van der Waals surface area contributed by atoms with E-state index in [-0.39, 0.29) is 12.8 Å². The average molecular weight is 297 g/mol. The number of aromatic nitrogens is 1. The van der Waals surface area contributed by atoms with Crippen LogP contribution >= 0.6 is 23.6 Å². The standard InChI is InChI=1S/C13H15NO3S2/c1-7-4-8-2-3-14(13(18)12(8)19-7)11-5-9(16)10(6-15)17-11/h2-4,9-11,15-16H,5-6H2,1H3/t9?,10-,11-/m1/s1. The van der Waals surface area contributed by atoms with E-state index in [0.717, 1.165) is 14.7 Å². The van der Waals surface area contributed by atoms with Gasteiger partial charge in [-0.25, -0.2) is 0 Å². The Kier molecular flexibility index (Phi) is 3.44. The van der Waals surface area contributed by atoms with Crippen LogP contribution in [-0.4, -0.2) is 33.6 Å². The van der Waals surface area contributed by atoms with Crippen LogP contribution in [0.2, 0.25) is 0 Å². The van der Waals surface area contributed by atoms with Crippen molar-refractivity contribution < 1.29 is 14.9 Å². The molecule has 1 aliphatic heterocycles. The molecule has 2 N–H and O–H groups in total. The summed E-state index contributed by atoms with van der Waals surface area (Å²) in [5, 5.41) is 20.1. The van der Waals surface area contributed by atoms with Crippen LogP contribution in [-0.2, 0) is 4.74 Å². The summed E-state index contributed by atoms with van der Waals surface area (Å²) in [5.41, 5.74) is 0. The fraction of sp³-hybridized carbons (Fsp3) is 0.462. The molecule has 19 heavy (non-hydrogen) atoms. The Labute approximate surface area is 119 Å². The van der Waals surface area contributed by atoms with Crippen molar-refractivity contribution >= 4 is 33.6 Å². The van der Waals surface area contributed by atoms with Crippen LogP contribution in [0.4, 0.5) is 0 Å². The minimum Gasteiger partial charge on any atom is -0.394 e. The van der Waals surface area contributed by atoms with Crippen LogP contribution in [0.15, 0.2) is 18.3 Å². The third-order valence-corrected chi connectivity index (χ3v) is 5.04. The summed E-state index contributed by atoms with van der Waals surface area (Å²) in [5.74, 6) is 0. The van der Waals surface area contributed by atoms with Crippen molar-refractivity contribution in [1.29, 1.82) is 0 Å². The highest BCUT2D eigenvalue weighted by molar-refractivity contribution is 7.71. The second-order valence-electron chi connectivity index (χ2n) is 4.78. The molecule has 0 radical (unpaired) electrons. The van der Waals surface area contributed by atoms with Gasteiger partial charge in [-0.1, -0.05) is 12.2 Å². The van der Waals surface area contributed by atoms with E-state index < -0.39 is 12.2 Å². The van der Waals surface area contributed by atoms with Gasteiger partial charge >= 0.3 is 0 Å². The lowest BCUT2D eigenvalue weighted by Crippen LogP contribution is -2.24. The first kappa shape index (κ1) is 13.2. The highest BCUT2D eigenvalue weighted by Gasteiger charge is 2.34. The molecule has 0 spiro atoms. The molecule has 1 unspecified atom stereocenters. The number of fused-ring (bicyclic) bond motifs is 1. The summed E-state index contributed by atoms with van der Waals surface area (Å²) in [6, 6.07) is 4.12. The van der Waals surface area contributed by atoms with E-state index in [1.165, 1.54) is 4.88 Å². The third kappa shape index (κ3) is 2.23. The lowest BCUT2D eigenvalue weighted by Gasteiger charge is -2.16. The molecule has 102 valence electrons. The Hall–Kier alpha value is -0.790. The molecule has 3 rings (SSSR count). The zero-order valence-corrected chi connectivity index (χ0v) is 12.1. The summed E-state index contributed by atoms with van der Waals surface area (Å²) in [7, 11) is 0. The van der Waals surface area contributed by atoms with Crippen LogP contribution in [0.3, 0.4) is 0 Å². The molecule has 0 aliphatic carbocycles. The first-order valence-corrected chi connectivity index (χ1v) is 7.38. The molecular weight excluding hydrogens is 282 g/mol. The summed E-state index contributed by atoms with van der Waals surface area (Å²) in [6.45, 7) is 1.88. The van der Waals surface area contributed by atoms with Gasteiger partial charge in [0.15, 0.2) is 0 Å². The van der Waals surface area contributed by atoms with Crippen LogP contribution in [0.1, 0.15) is 17.5 Å². The number of rotatable bonds is 2. The fourth-order valence-corrected chi connectivity index (χ4v) is 3.81. The molecule has 1 aliphatic rings. The number of aliphatic hydroxyl groups is 2. The van der Waals surface area contributed by atoms with Crippen LogP contribution < -0.4 is 0 Å². The van der Waals surface area contributed by atoms with Crippen LogP contribution in [0.5, 0.6) is 0 Å². The van der Waals surface area contributed by atoms with Crippen molar-refractivity contribution in [2.24, 2.45) is 0 Å². The number of hydrogen-bond acceptors (Lipinski definition) is 5. The Morgan fingerprint density at radius 3 is 3.05 bits per heavy atom. The number of nitrogens with zero attached hydrogens (tertiary/aromatic N) is 1. The predicted molar refractivity (Wildman–Crippen MR) is 77.0 cm³/mol. The number of hydrogen-bond donors (Lipinski definition) is 2. The smallest absolute Gasteiger partial charge is 0.137 e. The maximum absolute atomic E-state index is 9.80. The topological polar surface area (TPSA) is 54.6 Å². The molecule has 2 aromatic heterocycles. The van der Waals surface area contributed by atoms with Gasteiger partial charge in [-0.3, -0.25) is 0 Å². The van der Waals surface area contributed by atoms with Crippen molar-refractivity contribution in [1.82, 2.24) is 4.57 Å². The van der Waals surface area contributed by atoms with Gasteiger partial charge in [-0.2, -0.15) is 0 Å². The maximum atomic E-state index is 9.80. The van der Waals surface area contributed by atoms with E-state index in [4.69, 9.17) is 22.1 Å². The predicted octanol–water partition coefficient (Wildman–Crippen LogP) is 2.38. The van der Waals surface area contributed by atoms with Gasteiger partial charge in [-0.05, 0) is 24.4 Å². The van der Waals surface area contributed by atoms with E-state index in [9.17, 15) is 5.11 Å². The molecule has 1 saturated heterocycles. The van der Waals surface area contributed by atoms with Gasteiger partial charge in [0.1, 0.15) is 17.0 Å². The number of thiophene rings is 1. The lowest BCUT2D eigenvalue weighted by molar-refractivity contribution is -0.0447. The van der Waals surface area contributed by atoms with Gasteiger partial charge < -0.3 is 19.5 Å². The maximum Gasteiger partial charge on any atom is 0.137 e. The summed E-state index contributed by atoms with van der Waals surface area (Å²) < 4.78 is 9.31. The van der Waals surface area contributed by atoms with Gasteiger partial charge in [-0.15, -0.1) is 11.3 Å². The first-order chi connectivity index (χ1) is 9.10. The number of aliphatic hydroxyl groups excluding tert-OH is 2. The Balaban J connectivity index is 2.02. The highest BCUT2D eigenvalue weighted by Crippen LogP contribution is 2.32. The van der Waals surface area contributed by atoms with Crippen LogP contribution in [0, 0.1) is 11.6 Å². The summed E-state index contributed by atoms with van der Waals surface area (Å²) in [6.07, 6.45) is 0.889. The molecule has 6 heteroatoms. The van der Waals surface area contributed by atoms with E-state index in [1.807, 2.05) is 16.8 Å². The zero-order chi connectivity index (χ0) is 13.6. The molecule has 3 atom stereocenters. The molecule has 1 fully saturated rings. The molecule has 0 aromatic carbocycles. The highest BCUT2D eigenvalue weighted by atomic mass is 32.1. The Morgan fingerprint density at radius 1 is 1.58 bits per heavy atom. The van der Waals surface area contributed by atoms with E-state index in [1.54, 1.807) is 11.3 Å². The number of aryl methyl sites for hydroxylation is 1. The molecule has 3 heterocycles. The molecular formula is C13H15NO3S2. The minimum absolute atomic E-state index is 0.175. The molecule has 4 nitrogen and oxygen atoms in total. The van der Waals surface area contributed by atoms with Crippen LogP contribution in [0.25, 0.3) is 10.1 Å². The summed E-state index contributed by atoms with van der Waals surface area (Å²) in [4.78, 5) is 1.22. The minimum atomic E-state index is -0.641. The van der Waals surface area contributed by atoms with E-state index in [2.05, 4.69) is 13.0 Å². The largest absolute Gasteiger partial charge is 0.394 e. The van der Waals surface area contributed by atoms with Crippen molar-refractivity contribution in [2.75, 3.05) is 6.61 Å². The van der Waals surface area contributed by atoms with Gasteiger partial charge in [0.2, 0.25) is 0 Å². The first-order valence-electron chi connectivity index (χ1n) is 6.16. The monoisotopic (exact) mass is 297 g/mol. The van der Waals surface area contributed by atoms with Crippen molar-refractivity contribution in [2.45, 2.75) is 31.8 Å². The third-order valence-electron chi connectivity index (χ3n) is 3.42. The zero-order valence-electron chi connectivity index (χ0n) is 10.4. The molecule has 0 bridgehead atoms. The Bertz CT molecular complexity index is 663. The van der Waals surface area contributed by atoms with Gasteiger partial charge in [0.05, 0.1) is 17.4 Å². The number of ether oxygens (including phenoxy) is 1. The van der Waals surface area contributed by atoms with Crippen molar-refractivity contribution in [3.63, 3.8) is 0 Å². The lowest BCUT2D eigenvalue weighted by atomic mass is 10.2. The van der Waals surface area contributed by atoms with Crippen molar-refractivity contribution in [3.8, 4) is 0 Å². The van der Waals surface area contributed by atoms with E-state index in [0.29, 0.717) is 6.42 Å². The van der Waals surface area contributed by atoms with E-state index >= 15 is 0 Å². The van der Waals surface area contributed by atoms with Gasteiger partial charge in [0.25, 0.3) is 0 Å². The molecule has 0 amide bonds. The van der Waals surface area contributed by atoms with Crippen molar-refractivity contribution in [3.05, 3.63) is 27.8 Å². The fourth-order valence-electron chi connectivity index (χ4n) is 2.45. The Morgan fingerprint density at radius 2 is 2.37 bits per heavy atom. The second-order valence-corrected chi connectivity index (χ2v) is 6.43. The second kappa shape index (κ2) is 4.96. The SMILES string of the molecule is Cc1cc2ccn([C@H]3CC(O)[C@@H](CO)O3)c(=S)c2s1.